The van der Waals surface area contributed by atoms with Gasteiger partial charge in [-0.2, -0.15) is 0 Å². The lowest BCUT2D eigenvalue weighted by Crippen LogP contribution is -2.54. The molecule has 154 valence electrons. The Morgan fingerprint density at radius 2 is 1.79 bits per heavy atom. The van der Waals surface area contributed by atoms with Crippen molar-refractivity contribution in [2.24, 2.45) is 0 Å². The average Bonchev–Trinajstić information content (AvgIpc) is 2.77. The molecule has 0 aliphatic carbocycles. The summed E-state index contributed by atoms with van der Waals surface area (Å²) in [6, 6.07) is 8.99. The Bertz CT molecular complexity index is 836. The summed E-state index contributed by atoms with van der Waals surface area (Å²) in [7, 11) is 2.65. The van der Waals surface area contributed by atoms with Crippen molar-refractivity contribution in [2.45, 2.75) is 19.4 Å². The highest BCUT2D eigenvalue weighted by atomic mass is 16.5. The van der Waals surface area contributed by atoms with E-state index in [0.29, 0.717) is 0 Å². The number of anilines is 1. The molecule has 0 radical (unpaired) electrons. The third-order valence-electron chi connectivity index (χ3n) is 4.33. The van der Waals surface area contributed by atoms with Crippen molar-refractivity contribution in [1.82, 2.24) is 20.7 Å². The van der Waals surface area contributed by atoms with Gasteiger partial charge in [0.15, 0.2) is 6.04 Å². The molecule has 1 heterocycles. The number of hydroxylamine groups is 1. The van der Waals surface area contributed by atoms with E-state index in [-0.39, 0.29) is 5.56 Å². The number of carbonyl (C=O) groups is 3. The number of aromatic nitrogens is 1. The normalized spacial score (nSPS) is 11.3. The molecular formula is C20H25N5O4. The number of hydrogen-bond acceptors (Lipinski definition) is 6. The van der Waals surface area contributed by atoms with Crippen molar-refractivity contribution in [3.63, 3.8) is 0 Å². The third kappa shape index (κ3) is 5.29. The molecule has 0 aliphatic heterocycles. The molecule has 0 spiro atoms. The molecule has 3 amide bonds. The molecule has 1 atom stereocenters. The van der Waals surface area contributed by atoms with E-state index in [1.54, 1.807) is 30.5 Å². The van der Waals surface area contributed by atoms with Crippen molar-refractivity contribution in [1.29, 1.82) is 0 Å². The SMILES string of the molecule is CCCNc1ccc(-c2ccc(C(=O)N(C)C(C(=O)NC)C(=O)NO)cc2)nc1. The maximum Gasteiger partial charge on any atom is 0.275 e. The summed E-state index contributed by atoms with van der Waals surface area (Å²) in [5.41, 5.74) is 4.21. The first kappa shape index (κ1) is 21.8. The second-order valence-corrected chi connectivity index (χ2v) is 6.35. The van der Waals surface area contributed by atoms with Gasteiger partial charge < -0.3 is 15.5 Å². The van der Waals surface area contributed by atoms with E-state index < -0.39 is 23.8 Å². The monoisotopic (exact) mass is 399 g/mol. The van der Waals surface area contributed by atoms with Crippen LogP contribution in [0.4, 0.5) is 5.69 Å². The highest BCUT2D eigenvalue weighted by Gasteiger charge is 2.33. The van der Waals surface area contributed by atoms with Gasteiger partial charge in [-0.15, -0.1) is 0 Å². The van der Waals surface area contributed by atoms with Gasteiger partial charge in [0.05, 0.1) is 17.6 Å². The Labute approximate surface area is 169 Å². The molecule has 1 aromatic heterocycles. The summed E-state index contributed by atoms with van der Waals surface area (Å²) in [6.45, 7) is 2.96. The zero-order valence-corrected chi connectivity index (χ0v) is 16.6. The molecule has 9 nitrogen and oxygen atoms in total. The van der Waals surface area contributed by atoms with Gasteiger partial charge >= 0.3 is 0 Å². The molecule has 0 saturated carbocycles. The summed E-state index contributed by atoms with van der Waals surface area (Å²) in [5.74, 6) is -2.26. The van der Waals surface area contributed by atoms with Crippen molar-refractivity contribution < 1.29 is 19.6 Å². The third-order valence-corrected chi connectivity index (χ3v) is 4.33. The number of benzene rings is 1. The molecule has 0 fully saturated rings. The number of carbonyl (C=O) groups excluding carboxylic acids is 3. The minimum atomic E-state index is -1.50. The Kier molecular flexibility index (Phi) is 7.67. The maximum atomic E-state index is 12.7. The molecule has 1 unspecified atom stereocenters. The van der Waals surface area contributed by atoms with Crippen LogP contribution in [-0.2, 0) is 9.59 Å². The summed E-state index contributed by atoms with van der Waals surface area (Å²) in [5, 5.41) is 14.4. The van der Waals surface area contributed by atoms with Gasteiger partial charge in [-0.1, -0.05) is 19.1 Å². The average molecular weight is 399 g/mol. The predicted molar refractivity (Wildman–Crippen MR) is 108 cm³/mol. The van der Waals surface area contributed by atoms with Crippen LogP contribution >= 0.6 is 0 Å². The lowest BCUT2D eigenvalue weighted by Gasteiger charge is -2.25. The number of nitrogens with one attached hydrogen (secondary N) is 3. The number of likely N-dealkylation sites (N-methyl/N-ethyl adjacent to an activating group) is 2. The van der Waals surface area contributed by atoms with Gasteiger partial charge in [0, 0.05) is 31.8 Å². The Hall–Kier alpha value is -3.46. The predicted octanol–water partition coefficient (Wildman–Crippen LogP) is 1.26. The first-order chi connectivity index (χ1) is 13.9. The molecule has 2 rings (SSSR count). The standard InChI is InChI=1S/C20H25N5O4/c1-4-11-22-15-9-10-16(23-12-15)13-5-7-14(8-6-13)20(28)25(3)17(18(26)21-2)19(27)24-29/h5-10,12,17,22,29H,4,11H2,1-3H3,(H,21,26)(H,24,27). The lowest BCUT2D eigenvalue weighted by molar-refractivity contribution is -0.140. The summed E-state index contributed by atoms with van der Waals surface area (Å²) < 4.78 is 0. The molecule has 0 aliphatic rings. The van der Waals surface area contributed by atoms with Crippen LogP contribution in [0.25, 0.3) is 11.3 Å². The van der Waals surface area contributed by atoms with E-state index in [9.17, 15) is 14.4 Å². The number of pyridine rings is 1. The fraction of sp³-hybridized carbons (Fsp3) is 0.300. The van der Waals surface area contributed by atoms with Gasteiger partial charge in [-0.25, -0.2) is 5.48 Å². The van der Waals surface area contributed by atoms with E-state index in [1.165, 1.54) is 19.6 Å². The van der Waals surface area contributed by atoms with Crippen LogP contribution in [-0.4, -0.2) is 59.5 Å². The molecule has 2 aromatic rings. The first-order valence-electron chi connectivity index (χ1n) is 9.16. The molecule has 29 heavy (non-hydrogen) atoms. The molecule has 4 N–H and O–H groups in total. The fourth-order valence-electron chi connectivity index (χ4n) is 2.71. The quantitative estimate of drug-likeness (QED) is 0.301. The van der Waals surface area contributed by atoms with Gasteiger partial charge in [-0.3, -0.25) is 24.6 Å². The van der Waals surface area contributed by atoms with Gasteiger partial charge in [0.25, 0.3) is 17.7 Å². The van der Waals surface area contributed by atoms with Crippen LogP contribution in [0.15, 0.2) is 42.6 Å². The maximum absolute atomic E-state index is 12.7. The van der Waals surface area contributed by atoms with E-state index >= 15 is 0 Å². The minimum Gasteiger partial charge on any atom is -0.384 e. The Morgan fingerprint density at radius 1 is 1.10 bits per heavy atom. The Balaban J connectivity index is 2.17. The number of rotatable bonds is 8. The number of hydrogen-bond donors (Lipinski definition) is 4. The second-order valence-electron chi connectivity index (χ2n) is 6.35. The van der Waals surface area contributed by atoms with Gasteiger partial charge in [0.1, 0.15) is 0 Å². The van der Waals surface area contributed by atoms with Crippen molar-refractivity contribution in [3.8, 4) is 11.3 Å². The second kappa shape index (κ2) is 10.2. The number of amides is 3. The summed E-state index contributed by atoms with van der Waals surface area (Å²) >= 11 is 0. The zero-order valence-electron chi connectivity index (χ0n) is 16.6. The smallest absolute Gasteiger partial charge is 0.275 e. The highest BCUT2D eigenvalue weighted by molar-refractivity contribution is 6.08. The van der Waals surface area contributed by atoms with Crippen LogP contribution in [0.2, 0.25) is 0 Å². The molecule has 0 bridgehead atoms. The summed E-state index contributed by atoms with van der Waals surface area (Å²) in [6.07, 6.45) is 2.77. The van der Waals surface area contributed by atoms with E-state index in [2.05, 4.69) is 22.5 Å². The molecular weight excluding hydrogens is 374 g/mol. The van der Waals surface area contributed by atoms with E-state index in [1.807, 2.05) is 12.1 Å². The number of nitrogens with zero attached hydrogens (tertiary/aromatic N) is 2. The minimum absolute atomic E-state index is 0.289. The van der Waals surface area contributed by atoms with Crippen molar-refractivity contribution in [2.75, 3.05) is 26.0 Å². The summed E-state index contributed by atoms with van der Waals surface area (Å²) in [4.78, 5) is 41.8. The lowest BCUT2D eigenvalue weighted by atomic mass is 10.1. The fourth-order valence-corrected chi connectivity index (χ4v) is 2.71. The van der Waals surface area contributed by atoms with E-state index in [0.717, 1.165) is 34.8 Å². The van der Waals surface area contributed by atoms with Crippen LogP contribution in [0.1, 0.15) is 23.7 Å². The topological polar surface area (TPSA) is 124 Å². The molecule has 0 saturated heterocycles. The van der Waals surface area contributed by atoms with E-state index in [4.69, 9.17) is 5.21 Å². The van der Waals surface area contributed by atoms with Gasteiger partial charge in [-0.05, 0) is 30.7 Å². The Morgan fingerprint density at radius 3 is 2.31 bits per heavy atom. The molecule has 9 heteroatoms. The van der Waals surface area contributed by atoms with Crippen LogP contribution in [0.3, 0.4) is 0 Å². The zero-order chi connectivity index (χ0) is 21.4. The van der Waals surface area contributed by atoms with Crippen LogP contribution in [0.5, 0.6) is 0 Å². The molecule has 1 aromatic carbocycles. The van der Waals surface area contributed by atoms with Gasteiger partial charge in [0.2, 0.25) is 0 Å². The van der Waals surface area contributed by atoms with Crippen molar-refractivity contribution in [3.05, 3.63) is 48.2 Å². The largest absolute Gasteiger partial charge is 0.384 e. The van der Waals surface area contributed by atoms with Crippen molar-refractivity contribution >= 4 is 23.4 Å². The van der Waals surface area contributed by atoms with Crippen LogP contribution < -0.4 is 16.1 Å². The first-order valence-corrected chi connectivity index (χ1v) is 9.16. The highest BCUT2D eigenvalue weighted by Crippen LogP contribution is 2.20. The van der Waals surface area contributed by atoms with Crippen LogP contribution in [0, 0.1) is 0 Å².